The van der Waals surface area contributed by atoms with Crippen LogP contribution in [0.5, 0.6) is 0 Å². The summed E-state index contributed by atoms with van der Waals surface area (Å²) >= 11 is 0. The van der Waals surface area contributed by atoms with Gasteiger partial charge in [-0.25, -0.2) is 4.98 Å². The number of rotatable bonds is 2. The number of carbonyl (C=O) groups excluding carboxylic acids is 2. The van der Waals surface area contributed by atoms with Crippen LogP contribution in [0.2, 0.25) is 0 Å². The summed E-state index contributed by atoms with van der Waals surface area (Å²) < 4.78 is 0. The molecule has 1 saturated heterocycles. The molecular formula is C12H18N4O2. The number of H-pyrrole nitrogens is 1. The first-order chi connectivity index (χ1) is 8.58. The molecule has 0 radical (unpaired) electrons. The normalized spacial score (nSPS) is 19.7. The molecular weight excluding hydrogens is 232 g/mol. The molecule has 6 nitrogen and oxygen atoms in total. The van der Waals surface area contributed by atoms with Gasteiger partial charge in [0.15, 0.2) is 0 Å². The first-order valence-electron chi connectivity index (χ1n) is 6.14. The Bertz CT molecular complexity index is 455. The van der Waals surface area contributed by atoms with Crippen molar-refractivity contribution in [3.8, 4) is 0 Å². The van der Waals surface area contributed by atoms with Crippen molar-refractivity contribution in [3.05, 3.63) is 17.7 Å². The van der Waals surface area contributed by atoms with Crippen molar-refractivity contribution in [1.82, 2.24) is 20.2 Å². The molecule has 1 aromatic heterocycles. The van der Waals surface area contributed by atoms with Gasteiger partial charge >= 0.3 is 0 Å². The molecule has 0 spiro atoms. The third kappa shape index (κ3) is 2.69. The topological polar surface area (TPSA) is 78.1 Å². The van der Waals surface area contributed by atoms with Crippen LogP contribution in [-0.4, -0.2) is 45.8 Å². The van der Waals surface area contributed by atoms with Crippen LogP contribution in [0.3, 0.4) is 0 Å². The fourth-order valence-electron chi connectivity index (χ4n) is 2.22. The Kier molecular flexibility index (Phi) is 3.64. The SMILES string of the molecule is CC(=O)N1CCC[C@@H](NC(=O)c2nc[nH]c2C)C1. The number of imidazole rings is 1. The van der Waals surface area contributed by atoms with Gasteiger partial charge in [0, 0.05) is 31.7 Å². The lowest BCUT2D eigenvalue weighted by atomic mass is 10.1. The minimum atomic E-state index is -0.177. The highest BCUT2D eigenvalue weighted by atomic mass is 16.2. The molecule has 0 aromatic carbocycles. The number of aromatic nitrogens is 2. The van der Waals surface area contributed by atoms with E-state index in [0.717, 1.165) is 25.1 Å². The zero-order chi connectivity index (χ0) is 13.1. The molecule has 1 aliphatic rings. The van der Waals surface area contributed by atoms with Gasteiger partial charge in [-0.05, 0) is 19.8 Å². The van der Waals surface area contributed by atoms with Crippen LogP contribution in [0.4, 0.5) is 0 Å². The van der Waals surface area contributed by atoms with Gasteiger partial charge in [-0.2, -0.15) is 0 Å². The molecule has 1 fully saturated rings. The number of hydrogen-bond donors (Lipinski definition) is 2. The van der Waals surface area contributed by atoms with Crippen molar-refractivity contribution >= 4 is 11.8 Å². The molecule has 1 aliphatic heterocycles. The van der Waals surface area contributed by atoms with E-state index in [0.29, 0.717) is 12.2 Å². The molecule has 0 saturated carbocycles. The molecule has 2 amide bonds. The number of hydrogen-bond acceptors (Lipinski definition) is 3. The maximum atomic E-state index is 12.0. The summed E-state index contributed by atoms with van der Waals surface area (Å²) in [5, 5.41) is 2.93. The first-order valence-corrected chi connectivity index (χ1v) is 6.14. The molecule has 0 aliphatic carbocycles. The first kappa shape index (κ1) is 12.6. The number of aromatic amines is 1. The number of nitrogens with zero attached hydrogens (tertiary/aromatic N) is 2. The minimum Gasteiger partial charge on any atom is -0.348 e. The molecule has 0 unspecified atom stereocenters. The van der Waals surface area contributed by atoms with Gasteiger partial charge in [0.25, 0.3) is 5.91 Å². The van der Waals surface area contributed by atoms with Gasteiger partial charge < -0.3 is 15.2 Å². The standard InChI is InChI=1S/C12H18N4O2/c1-8-11(14-7-13-8)12(18)15-10-4-3-5-16(6-10)9(2)17/h7,10H,3-6H2,1-2H3,(H,13,14)(H,15,18)/t10-/m1/s1. The Balaban J connectivity index is 1.95. The summed E-state index contributed by atoms with van der Waals surface area (Å²) in [6.45, 7) is 4.74. The lowest BCUT2D eigenvalue weighted by molar-refractivity contribution is -0.130. The van der Waals surface area contributed by atoms with Crippen molar-refractivity contribution in [1.29, 1.82) is 0 Å². The molecule has 98 valence electrons. The second kappa shape index (κ2) is 5.20. The maximum Gasteiger partial charge on any atom is 0.272 e. The monoisotopic (exact) mass is 250 g/mol. The van der Waals surface area contributed by atoms with Crippen molar-refractivity contribution in [2.24, 2.45) is 0 Å². The largest absolute Gasteiger partial charge is 0.348 e. The molecule has 6 heteroatoms. The lowest BCUT2D eigenvalue weighted by Crippen LogP contribution is -2.49. The van der Waals surface area contributed by atoms with Gasteiger partial charge in [-0.15, -0.1) is 0 Å². The zero-order valence-corrected chi connectivity index (χ0v) is 10.7. The van der Waals surface area contributed by atoms with Gasteiger partial charge in [0.1, 0.15) is 5.69 Å². The Morgan fingerprint density at radius 3 is 2.94 bits per heavy atom. The predicted molar refractivity (Wildman–Crippen MR) is 66.1 cm³/mol. The third-order valence-corrected chi connectivity index (χ3v) is 3.25. The van der Waals surface area contributed by atoms with E-state index in [1.807, 2.05) is 6.92 Å². The zero-order valence-electron chi connectivity index (χ0n) is 10.7. The van der Waals surface area contributed by atoms with Crippen LogP contribution >= 0.6 is 0 Å². The fraction of sp³-hybridized carbons (Fsp3) is 0.583. The van der Waals surface area contributed by atoms with Gasteiger partial charge in [0.05, 0.1) is 6.33 Å². The second-order valence-electron chi connectivity index (χ2n) is 4.65. The second-order valence-corrected chi connectivity index (χ2v) is 4.65. The number of piperidine rings is 1. The van der Waals surface area contributed by atoms with E-state index in [9.17, 15) is 9.59 Å². The number of nitrogens with one attached hydrogen (secondary N) is 2. The molecule has 1 atom stereocenters. The van der Waals surface area contributed by atoms with Crippen LogP contribution in [0, 0.1) is 6.92 Å². The Hall–Kier alpha value is -1.85. The van der Waals surface area contributed by atoms with E-state index >= 15 is 0 Å². The summed E-state index contributed by atoms with van der Waals surface area (Å²) in [5.41, 5.74) is 1.18. The Labute approximate surface area is 106 Å². The van der Waals surface area contributed by atoms with Crippen LogP contribution in [0.15, 0.2) is 6.33 Å². The summed E-state index contributed by atoms with van der Waals surface area (Å²) in [6, 6.07) is 0.0197. The van der Waals surface area contributed by atoms with Crippen molar-refractivity contribution in [2.45, 2.75) is 32.7 Å². The summed E-state index contributed by atoms with van der Waals surface area (Å²) in [5.74, 6) is -0.117. The van der Waals surface area contributed by atoms with E-state index in [-0.39, 0.29) is 17.9 Å². The molecule has 1 aromatic rings. The lowest BCUT2D eigenvalue weighted by Gasteiger charge is -2.32. The number of carbonyl (C=O) groups is 2. The van der Waals surface area contributed by atoms with Gasteiger partial charge in [-0.3, -0.25) is 9.59 Å². The van der Waals surface area contributed by atoms with Crippen LogP contribution < -0.4 is 5.32 Å². The average molecular weight is 250 g/mol. The Morgan fingerprint density at radius 1 is 1.56 bits per heavy atom. The van der Waals surface area contributed by atoms with Crippen molar-refractivity contribution < 1.29 is 9.59 Å². The van der Waals surface area contributed by atoms with E-state index in [2.05, 4.69) is 15.3 Å². The fourth-order valence-corrected chi connectivity index (χ4v) is 2.22. The van der Waals surface area contributed by atoms with E-state index in [4.69, 9.17) is 0 Å². The van der Waals surface area contributed by atoms with E-state index < -0.39 is 0 Å². The van der Waals surface area contributed by atoms with Crippen LogP contribution in [-0.2, 0) is 4.79 Å². The summed E-state index contributed by atoms with van der Waals surface area (Å²) in [4.78, 5) is 31.9. The number of aryl methyl sites for hydroxylation is 1. The summed E-state index contributed by atoms with van der Waals surface area (Å²) in [7, 11) is 0. The molecule has 0 bridgehead atoms. The number of likely N-dealkylation sites (tertiary alicyclic amines) is 1. The summed E-state index contributed by atoms with van der Waals surface area (Å²) in [6.07, 6.45) is 3.33. The van der Waals surface area contributed by atoms with E-state index in [1.165, 1.54) is 6.33 Å². The Morgan fingerprint density at radius 2 is 2.33 bits per heavy atom. The van der Waals surface area contributed by atoms with Gasteiger partial charge in [0.2, 0.25) is 5.91 Å². The molecule has 2 N–H and O–H groups in total. The van der Waals surface area contributed by atoms with Crippen LogP contribution in [0.25, 0.3) is 0 Å². The molecule has 18 heavy (non-hydrogen) atoms. The highest BCUT2D eigenvalue weighted by Crippen LogP contribution is 2.11. The van der Waals surface area contributed by atoms with Gasteiger partial charge in [-0.1, -0.05) is 0 Å². The quantitative estimate of drug-likeness (QED) is 0.800. The highest BCUT2D eigenvalue weighted by Gasteiger charge is 2.24. The van der Waals surface area contributed by atoms with Crippen molar-refractivity contribution in [2.75, 3.05) is 13.1 Å². The smallest absolute Gasteiger partial charge is 0.272 e. The average Bonchev–Trinajstić information content (AvgIpc) is 2.76. The van der Waals surface area contributed by atoms with E-state index in [1.54, 1.807) is 11.8 Å². The predicted octanol–water partition coefficient (Wildman–Crippen LogP) is 0.459. The highest BCUT2D eigenvalue weighted by molar-refractivity contribution is 5.93. The minimum absolute atomic E-state index is 0.0197. The molecule has 2 rings (SSSR count). The van der Waals surface area contributed by atoms with Crippen molar-refractivity contribution in [3.63, 3.8) is 0 Å². The number of amides is 2. The third-order valence-electron chi connectivity index (χ3n) is 3.25. The van der Waals surface area contributed by atoms with Crippen LogP contribution in [0.1, 0.15) is 35.9 Å². The maximum absolute atomic E-state index is 12.0. The molecule has 2 heterocycles.